The molecule has 4 aliphatic rings. The van der Waals surface area contributed by atoms with Gasteiger partial charge in [-0.2, -0.15) is 0 Å². The highest BCUT2D eigenvalue weighted by molar-refractivity contribution is 7.91. The fraction of sp³-hybridized carbons (Fsp3) is 0.526. The first-order valence-electron chi connectivity index (χ1n) is 17.9. The minimum Gasteiger partial charge on any atom is -0.497 e. The van der Waals surface area contributed by atoms with E-state index < -0.39 is 68.0 Å². The second-order valence-corrected chi connectivity index (χ2v) is 17.4. The standard InChI is InChI=1S/C38H49N5O8S/c1-6-26-21-38(26,35(46)41-52(48,49)30-18-19-30)40-33(44)31-22-42(27-16-14-24(15-17-27)25-10-9-13-29(20-25)50-5)23-43(31)34(45)32(37(2,3)4)39-36(47)51-28-11-7-8-12-28/h6,9-10,13-17,20,26,28,30-32H,1,7-8,11-12,18-19,21-23H2,2-5H3,(H,39,47)(H,40,44)(H,41,46)/t26-,31+,32-,38-/m1/s1. The quantitative estimate of drug-likeness (QED) is 0.273. The van der Waals surface area contributed by atoms with Crippen LogP contribution in [0.25, 0.3) is 11.1 Å². The molecule has 0 radical (unpaired) electrons. The van der Waals surface area contributed by atoms with Gasteiger partial charge in [-0.3, -0.25) is 19.1 Å². The van der Waals surface area contributed by atoms with Gasteiger partial charge in [0, 0.05) is 18.2 Å². The Morgan fingerprint density at radius 1 is 1.00 bits per heavy atom. The third kappa shape index (κ3) is 7.91. The van der Waals surface area contributed by atoms with E-state index in [2.05, 4.69) is 21.9 Å². The number of sulfonamides is 1. The van der Waals surface area contributed by atoms with E-state index in [1.807, 2.05) is 74.2 Å². The second-order valence-electron chi connectivity index (χ2n) is 15.4. The molecule has 0 spiro atoms. The molecular formula is C38H49N5O8S. The van der Waals surface area contributed by atoms with Crippen LogP contribution in [0.1, 0.15) is 65.7 Å². The molecule has 13 nitrogen and oxygen atoms in total. The van der Waals surface area contributed by atoms with Crippen molar-refractivity contribution in [3.05, 3.63) is 61.2 Å². The monoisotopic (exact) mass is 735 g/mol. The molecule has 1 heterocycles. The van der Waals surface area contributed by atoms with Gasteiger partial charge in [-0.05, 0) is 85.8 Å². The van der Waals surface area contributed by atoms with E-state index in [9.17, 15) is 27.6 Å². The topological polar surface area (TPSA) is 163 Å². The number of nitrogens with one attached hydrogen (secondary N) is 3. The molecule has 3 saturated carbocycles. The van der Waals surface area contributed by atoms with Crippen LogP contribution in [0.15, 0.2) is 61.2 Å². The molecule has 4 atom stereocenters. The van der Waals surface area contributed by atoms with Crippen molar-refractivity contribution < 1.29 is 37.1 Å². The summed E-state index contributed by atoms with van der Waals surface area (Å²) in [5.74, 6) is -1.69. The molecule has 1 aliphatic heterocycles. The van der Waals surface area contributed by atoms with Gasteiger partial charge in [-0.15, -0.1) is 6.58 Å². The van der Waals surface area contributed by atoms with Crippen molar-refractivity contribution in [3.63, 3.8) is 0 Å². The van der Waals surface area contributed by atoms with Crippen molar-refractivity contribution in [2.24, 2.45) is 11.3 Å². The van der Waals surface area contributed by atoms with E-state index in [4.69, 9.17) is 9.47 Å². The lowest BCUT2D eigenvalue weighted by atomic mass is 9.85. The number of hydrogen-bond acceptors (Lipinski definition) is 9. The number of methoxy groups -OCH3 is 1. The van der Waals surface area contributed by atoms with Gasteiger partial charge in [0.15, 0.2) is 0 Å². The van der Waals surface area contributed by atoms with Gasteiger partial charge in [-0.1, -0.05) is 51.1 Å². The Hall–Kier alpha value is -4.59. The molecule has 0 unspecified atom stereocenters. The van der Waals surface area contributed by atoms with E-state index in [1.165, 1.54) is 11.0 Å². The largest absolute Gasteiger partial charge is 0.497 e. The van der Waals surface area contributed by atoms with Gasteiger partial charge < -0.3 is 29.9 Å². The first-order chi connectivity index (χ1) is 24.6. The van der Waals surface area contributed by atoms with Crippen molar-refractivity contribution in [1.29, 1.82) is 0 Å². The summed E-state index contributed by atoms with van der Waals surface area (Å²) in [5, 5.41) is 4.99. The molecule has 3 N–H and O–H groups in total. The smallest absolute Gasteiger partial charge is 0.408 e. The highest BCUT2D eigenvalue weighted by Crippen LogP contribution is 2.45. The van der Waals surface area contributed by atoms with Crippen molar-refractivity contribution in [3.8, 4) is 16.9 Å². The van der Waals surface area contributed by atoms with Crippen LogP contribution in [0.2, 0.25) is 0 Å². The Balaban J connectivity index is 1.26. The summed E-state index contributed by atoms with van der Waals surface area (Å²) < 4.78 is 38.6. The lowest BCUT2D eigenvalue weighted by molar-refractivity contribution is -0.142. The van der Waals surface area contributed by atoms with Crippen molar-refractivity contribution in [1.82, 2.24) is 20.3 Å². The van der Waals surface area contributed by atoms with Crippen molar-refractivity contribution in [2.45, 2.75) is 94.7 Å². The SMILES string of the molecule is C=C[C@@H]1C[C@]1(NC(=O)[C@@H]1CN(c2ccc(-c3cccc(OC)c3)cc2)CN1C(=O)[C@@H](NC(=O)OC1CCCC1)C(C)(C)C)C(=O)NS(=O)(=O)C1CC1. The van der Waals surface area contributed by atoms with Crippen LogP contribution in [0.3, 0.4) is 0 Å². The number of amides is 4. The van der Waals surface area contributed by atoms with Gasteiger partial charge in [0.1, 0.15) is 29.5 Å². The van der Waals surface area contributed by atoms with Crippen LogP contribution in [0, 0.1) is 11.3 Å². The molecule has 1 saturated heterocycles. The Morgan fingerprint density at radius 2 is 1.69 bits per heavy atom. The number of alkyl carbamates (subject to hydrolysis) is 1. The van der Waals surface area contributed by atoms with Crippen molar-refractivity contribution >= 4 is 39.5 Å². The first kappa shape index (κ1) is 37.2. The highest BCUT2D eigenvalue weighted by atomic mass is 32.2. The van der Waals surface area contributed by atoms with Gasteiger partial charge in [-0.25, -0.2) is 13.2 Å². The lowest BCUT2D eigenvalue weighted by Gasteiger charge is -2.35. The van der Waals surface area contributed by atoms with E-state index in [0.29, 0.717) is 12.8 Å². The maximum atomic E-state index is 14.5. The Bertz CT molecular complexity index is 1820. The summed E-state index contributed by atoms with van der Waals surface area (Å²) in [6.07, 6.45) is 5.21. The Kier molecular flexibility index (Phi) is 10.3. The summed E-state index contributed by atoms with van der Waals surface area (Å²) in [6, 6.07) is 13.2. The molecular weight excluding hydrogens is 687 g/mol. The van der Waals surface area contributed by atoms with Crippen LogP contribution in [-0.2, 0) is 29.1 Å². The molecule has 6 rings (SSSR count). The van der Waals surface area contributed by atoms with Crippen LogP contribution in [-0.4, -0.2) is 86.4 Å². The maximum Gasteiger partial charge on any atom is 0.408 e. The van der Waals surface area contributed by atoms with Crippen LogP contribution in [0.4, 0.5) is 10.5 Å². The fourth-order valence-corrected chi connectivity index (χ4v) is 8.46. The first-order valence-corrected chi connectivity index (χ1v) is 19.5. The third-order valence-electron chi connectivity index (χ3n) is 10.5. The molecule has 2 aromatic carbocycles. The molecule has 52 heavy (non-hydrogen) atoms. The highest BCUT2D eigenvalue weighted by Gasteiger charge is 2.62. The van der Waals surface area contributed by atoms with Crippen LogP contribution >= 0.6 is 0 Å². The average Bonchev–Trinajstić information content (AvgIpc) is 3.99. The van der Waals surface area contributed by atoms with Crippen LogP contribution < -0.4 is 25.0 Å². The summed E-state index contributed by atoms with van der Waals surface area (Å²) in [5.41, 5.74) is 0.368. The predicted octanol–water partition coefficient (Wildman–Crippen LogP) is 4.09. The number of rotatable bonds is 12. The fourth-order valence-electron chi connectivity index (χ4n) is 7.09. The summed E-state index contributed by atoms with van der Waals surface area (Å²) in [7, 11) is -2.27. The molecule has 0 aromatic heterocycles. The molecule has 4 fully saturated rings. The summed E-state index contributed by atoms with van der Waals surface area (Å²) >= 11 is 0. The second kappa shape index (κ2) is 14.4. The zero-order valence-corrected chi connectivity index (χ0v) is 31.0. The van der Waals surface area contributed by atoms with Gasteiger partial charge in [0.05, 0.1) is 19.0 Å². The van der Waals surface area contributed by atoms with E-state index in [-0.39, 0.29) is 25.7 Å². The normalized spacial score (nSPS) is 23.8. The van der Waals surface area contributed by atoms with Gasteiger partial charge >= 0.3 is 6.09 Å². The minimum absolute atomic E-state index is 0.0154. The lowest BCUT2D eigenvalue weighted by Crippen LogP contribution is -2.60. The number of carbonyl (C=O) groups is 4. The Labute approximate surface area is 305 Å². The number of nitrogens with zero attached hydrogens (tertiary/aromatic N) is 2. The molecule has 2 aromatic rings. The minimum atomic E-state index is -3.88. The van der Waals surface area contributed by atoms with Gasteiger partial charge in [0.25, 0.3) is 5.91 Å². The zero-order chi connectivity index (χ0) is 37.4. The summed E-state index contributed by atoms with van der Waals surface area (Å²) in [6.45, 7) is 9.35. The number of benzene rings is 2. The van der Waals surface area contributed by atoms with E-state index in [0.717, 1.165) is 48.2 Å². The van der Waals surface area contributed by atoms with E-state index in [1.54, 1.807) is 7.11 Å². The van der Waals surface area contributed by atoms with E-state index >= 15 is 0 Å². The molecule has 3 aliphatic carbocycles. The number of carbonyl (C=O) groups excluding carboxylic acids is 4. The average molecular weight is 736 g/mol. The predicted molar refractivity (Wildman–Crippen MR) is 196 cm³/mol. The number of anilines is 1. The molecule has 0 bridgehead atoms. The van der Waals surface area contributed by atoms with Gasteiger partial charge in [0.2, 0.25) is 21.8 Å². The number of ether oxygens (including phenoxy) is 2. The molecule has 14 heteroatoms. The van der Waals surface area contributed by atoms with Crippen molar-refractivity contribution in [2.75, 3.05) is 25.2 Å². The maximum absolute atomic E-state index is 14.5. The molecule has 280 valence electrons. The third-order valence-corrected chi connectivity index (χ3v) is 12.3. The Morgan fingerprint density at radius 3 is 2.29 bits per heavy atom. The summed E-state index contributed by atoms with van der Waals surface area (Å²) in [4.78, 5) is 58.6. The zero-order valence-electron chi connectivity index (χ0n) is 30.2. The number of hydrogen-bond donors (Lipinski definition) is 3. The molecule has 4 amide bonds. The van der Waals surface area contributed by atoms with Crippen LogP contribution in [0.5, 0.6) is 5.75 Å².